The first-order valence-corrected chi connectivity index (χ1v) is 7.64. The minimum absolute atomic E-state index is 0.298. The third-order valence-corrected chi connectivity index (χ3v) is 3.99. The number of benzene rings is 1. The van der Waals surface area contributed by atoms with Gasteiger partial charge in [-0.25, -0.2) is 0 Å². The minimum atomic E-state index is 0.298. The number of thiophene rings is 1. The molecule has 1 aromatic heterocycles. The minimum Gasteiger partial charge on any atom is -0.493 e. The molecule has 19 heavy (non-hydrogen) atoms. The highest BCUT2D eigenvalue weighted by Crippen LogP contribution is 2.28. The van der Waals surface area contributed by atoms with E-state index >= 15 is 0 Å². The highest BCUT2D eigenvalue weighted by atomic mass is 32.1. The van der Waals surface area contributed by atoms with Gasteiger partial charge in [-0.3, -0.25) is 0 Å². The van der Waals surface area contributed by atoms with Crippen LogP contribution in [0, 0.1) is 0 Å². The Bertz CT molecular complexity index is 481. The van der Waals surface area contributed by atoms with Gasteiger partial charge < -0.3 is 10.1 Å². The van der Waals surface area contributed by atoms with Crippen molar-refractivity contribution < 1.29 is 4.74 Å². The van der Waals surface area contributed by atoms with E-state index in [1.165, 1.54) is 10.4 Å². The summed E-state index contributed by atoms with van der Waals surface area (Å²) in [6, 6.07) is 12.9. The SMILES string of the molecule is CCCOc1ccccc1C(Cc1cccs1)NC. The molecule has 0 spiro atoms. The molecule has 0 amide bonds. The van der Waals surface area contributed by atoms with E-state index in [0.717, 1.165) is 25.2 Å². The number of para-hydroxylation sites is 1. The van der Waals surface area contributed by atoms with E-state index in [1.54, 1.807) is 11.3 Å². The Morgan fingerprint density at radius 3 is 2.74 bits per heavy atom. The summed E-state index contributed by atoms with van der Waals surface area (Å²) in [7, 11) is 2.01. The predicted molar refractivity (Wildman–Crippen MR) is 82.1 cm³/mol. The maximum Gasteiger partial charge on any atom is 0.124 e. The maximum absolute atomic E-state index is 5.85. The molecular weight excluding hydrogens is 254 g/mol. The Hall–Kier alpha value is -1.32. The molecule has 0 aliphatic heterocycles. The number of hydrogen-bond donors (Lipinski definition) is 1. The number of rotatable bonds is 7. The van der Waals surface area contributed by atoms with E-state index in [4.69, 9.17) is 4.74 Å². The van der Waals surface area contributed by atoms with Gasteiger partial charge in [0.15, 0.2) is 0 Å². The lowest BCUT2D eigenvalue weighted by molar-refractivity contribution is 0.310. The summed E-state index contributed by atoms with van der Waals surface area (Å²) < 4.78 is 5.85. The van der Waals surface area contributed by atoms with Crippen LogP contribution < -0.4 is 10.1 Å². The van der Waals surface area contributed by atoms with E-state index in [2.05, 4.69) is 48.0 Å². The molecule has 1 N–H and O–H groups in total. The molecule has 1 heterocycles. The quantitative estimate of drug-likeness (QED) is 0.823. The normalized spacial score (nSPS) is 12.3. The fraction of sp³-hybridized carbons (Fsp3) is 0.375. The van der Waals surface area contributed by atoms with Crippen LogP contribution in [0.4, 0.5) is 0 Å². The molecule has 0 aliphatic carbocycles. The van der Waals surface area contributed by atoms with E-state index in [0.29, 0.717) is 6.04 Å². The van der Waals surface area contributed by atoms with Gasteiger partial charge in [0, 0.05) is 22.9 Å². The molecule has 2 rings (SSSR count). The van der Waals surface area contributed by atoms with Crippen molar-refractivity contribution in [1.82, 2.24) is 5.32 Å². The summed E-state index contributed by atoms with van der Waals surface area (Å²) in [5.74, 6) is 1.00. The number of hydrogen-bond acceptors (Lipinski definition) is 3. The molecule has 1 atom stereocenters. The van der Waals surface area contributed by atoms with Gasteiger partial charge in [-0.2, -0.15) is 0 Å². The van der Waals surface area contributed by atoms with E-state index in [1.807, 2.05) is 13.1 Å². The molecule has 1 unspecified atom stereocenters. The van der Waals surface area contributed by atoms with Gasteiger partial charge in [0.05, 0.1) is 6.61 Å². The van der Waals surface area contributed by atoms with Gasteiger partial charge >= 0.3 is 0 Å². The summed E-state index contributed by atoms with van der Waals surface area (Å²) in [6.07, 6.45) is 2.03. The maximum atomic E-state index is 5.85. The standard InChI is InChI=1S/C16H21NOS/c1-3-10-18-16-9-5-4-8-14(16)15(17-2)12-13-7-6-11-19-13/h4-9,11,15,17H,3,10,12H2,1-2H3. The number of ether oxygens (including phenoxy) is 1. The molecule has 2 nitrogen and oxygen atoms in total. The zero-order valence-electron chi connectivity index (χ0n) is 11.6. The van der Waals surface area contributed by atoms with Crippen LogP contribution in [0.3, 0.4) is 0 Å². The lowest BCUT2D eigenvalue weighted by atomic mass is 10.0. The predicted octanol–water partition coefficient (Wildman–Crippen LogP) is 4.04. The fourth-order valence-corrected chi connectivity index (χ4v) is 2.86. The second-order valence-electron chi connectivity index (χ2n) is 4.51. The Labute approximate surface area is 119 Å². The third kappa shape index (κ3) is 3.82. The van der Waals surface area contributed by atoms with Gasteiger partial charge in [-0.1, -0.05) is 31.2 Å². The van der Waals surface area contributed by atoms with Crippen molar-refractivity contribution in [2.75, 3.05) is 13.7 Å². The molecule has 3 heteroatoms. The molecule has 0 fully saturated rings. The van der Waals surface area contributed by atoms with E-state index in [9.17, 15) is 0 Å². The van der Waals surface area contributed by atoms with Crippen molar-refractivity contribution in [2.24, 2.45) is 0 Å². The molecule has 0 aliphatic rings. The molecule has 102 valence electrons. The highest BCUT2D eigenvalue weighted by Gasteiger charge is 2.15. The van der Waals surface area contributed by atoms with Crippen LogP contribution in [0.25, 0.3) is 0 Å². The van der Waals surface area contributed by atoms with Crippen molar-refractivity contribution in [2.45, 2.75) is 25.8 Å². The summed E-state index contributed by atoms with van der Waals surface area (Å²) >= 11 is 1.80. The van der Waals surface area contributed by atoms with Crippen LogP contribution >= 0.6 is 11.3 Å². The first-order chi connectivity index (χ1) is 9.35. The first-order valence-electron chi connectivity index (χ1n) is 6.76. The van der Waals surface area contributed by atoms with Crippen LogP contribution in [0.1, 0.15) is 29.8 Å². The van der Waals surface area contributed by atoms with Crippen molar-refractivity contribution >= 4 is 11.3 Å². The Kier molecular flexibility index (Phi) is 5.43. The van der Waals surface area contributed by atoms with Gasteiger partial charge in [0.1, 0.15) is 5.75 Å². The third-order valence-electron chi connectivity index (χ3n) is 3.09. The molecular formula is C16H21NOS. The molecule has 2 aromatic rings. The van der Waals surface area contributed by atoms with Crippen molar-refractivity contribution in [3.8, 4) is 5.75 Å². The van der Waals surface area contributed by atoms with Crippen molar-refractivity contribution in [3.05, 3.63) is 52.2 Å². The Morgan fingerprint density at radius 1 is 1.21 bits per heavy atom. The Balaban J connectivity index is 2.17. The van der Waals surface area contributed by atoms with Gasteiger partial charge in [0.2, 0.25) is 0 Å². The van der Waals surface area contributed by atoms with E-state index < -0.39 is 0 Å². The molecule has 1 aromatic carbocycles. The summed E-state index contributed by atoms with van der Waals surface area (Å²) in [5.41, 5.74) is 1.24. The van der Waals surface area contributed by atoms with E-state index in [-0.39, 0.29) is 0 Å². The lowest BCUT2D eigenvalue weighted by Crippen LogP contribution is -2.19. The van der Waals surface area contributed by atoms with Crippen LogP contribution in [0.2, 0.25) is 0 Å². The van der Waals surface area contributed by atoms with Crippen LogP contribution in [0.15, 0.2) is 41.8 Å². The second-order valence-corrected chi connectivity index (χ2v) is 5.54. The first kappa shape index (κ1) is 14.1. The zero-order valence-corrected chi connectivity index (χ0v) is 12.4. The monoisotopic (exact) mass is 275 g/mol. The van der Waals surface area contributed by atoms with Gasteiger partial charge in [0.25, 0.3) is 0 Å². The van der Waals surface area contributed by atoms with Crippen LogP contribution in [0.5, 0.6) is 5.75 Å². The van der Waals surface area contributed by atoms with Crippen LogP contribution in [-0.4, -0.2) is 13.7 Å². The zero-order chi connectivity index (χ0) is 13.5. The number of likely N-dealkylation sites (N-methyl/N-ethyl adjacent to an activating group) is 1. The fourth-order valence-electron chi connectivity index (χ4n) is 2.11. The summed E-state index contributed by atoms with van der Waals surface area (Å²) in [5, 5.41) is 5.53. The van der Waals surface area contributed by atoms with Crippen LogP contribution in [-0.2, 0) is 6.42 Å². The Morgan fingerprint density at radius 2 is 2.05 bits per heavy atom. The lowest BCUT2D eigenvalue weighted by Gasteiger charge is -2.19. The smallest absolute Gasteiger partial charge is 0.124 e. The number of nitrogens with one attached hydrogen (secondary N) is 1. The van der Waals surface area contributed by atoms with Crippen molar-refractivity contribution in [1.29, 1.82) is 0 Å². The largest absolute Gasteiger partial charge is 0.493 e. The van der Waals surface area contributed by atoms with Gasteiger partial charge in [-0.05, 0) is 31.0 Å². The summed E-state index contributed by atoms with van der Waals surface area (Å²) in [6.45, 7) is 2.90. The van der Waals surface area contributed by atoms with Crippen molar-refractivity contribution in [3.63, 3.8) is 0 Å². The molecule has 0 saturated heterocycles. The average Bonchev–Trinajstić information content (AvgIpc) is 2.96. The molecule has 0 radical (unpaired) electrons. The highest BCUT2D eigenvalue weighted by molar-refractivity contribution is 7.09. The van der Waals surface area contributed by atoms with Gasteiger partial charge in [-0.15, -0.1) is 11.3 Å². The molecule has 0 bridgehead atoms. The topological polar surface area (TPSA) is 21.3 Å². The molecule has 0 saturated carbocycles. The average molecular weight is 275 g/mol. The second kappa shape index (κ2) is 7.31. The summed E-state index contributed by atoms with van der Waals surface area (Å²) in [4.78, 5) is 1.39.